The van der Waals surface area contributed by atoms with E-state index in [1.165, 1.54) is 17.1 Å². The van der Waals surface area contributed by atoms with Crippen molar-refractivity contribution in [3.05, 3.63) is 29.8 Å². The molecule has 2 rings (SSSR count). The molecule has 0 unspecified atom stereocenters. The summed E-state index contributed by atoms with van der Waals surface area (Å²) in [5, 5.41) is 12.9. The third-order valence-corrected chi connectivity index (χ3v) is 3.46. The first-order chi connectivity index (χ1) is 9.84. The number of aliphatic hydroxyl groups excluding tert-OH is 1. The van der Waals surface area contributed by atoms with Gasteiger partial charge in [-0.1, -0.05) is 17.7 Å². The highest BCUT2D eigenvalue weighted by molar-refractivity contribution is 7.85. The summed E-state index contributed by atoms with van der Waals surface area (Å²) in [6.45, 7) is 3.95. The summed E-state index contributed by atoms with van der Waals surface area (Å²) in [5.74, 6) is 6.15. The van der Waals surface area contributed by atoms with Crippen LogP contribution in [0.25, 0.3) is 0 Å². The minimum atomic E-state index is -4.02. The largest absolute Gasteiger partial charge is 0.395 e. The fourth-order valence-corrected chi connectivity index (χ4v) is 1.98. The van der Waals surface area contributed by atoms with Crippen LogP contribution in [0, 0.1) is 6.92 Å². The molecule has 0 bridgehead atoms. The van der Waals surface area contributed by atoms with E-state index in [-0.39, 0.29) is 11.5 Å². The van der Waals surface area contributed by atoms with E-state index >= 15 is 0 Å². The molecule has 0 saturated carbocycles. The van der Waals surface area contributed by atoms with Gasteiger partial charge >= 0.3 is 0 Å². The summed E-state index contributed by atoms with van der Waals surface area (Å²) in [4.78, 5) is 3.98. The van der Waals surface area contributed by atoms with Crippen LogP contribution in [-0.4, -0.2) is 55.3 Å². The SMILES string of the molecule is Cc1ccc(S(=O)(=O)O)cc1.NN1CCN=C1NCCO. The molecule has 0 spiro atoms. The second-order valence-corrected chi connectivity index (χ2v) is 5.76. The zero-order valence-corrected chi connectivity index (χ0v) is 12.5. The number of aliphatic hydroxyl groups is 1. The third kappa shape index (κ3) is 6.08. The Morgan fingerprint density at radius 1 is 1.38 bits per heavy atom. The lowest BCUT2D eigenvalue weighted by atomic mass is 10.2. The number of nitrogens with one attached hydrogen (secondary N) is 1. The van der Waals surface area contributed by atoms with Gasteiger partial charge in [-0.2, -0.15) is 8.42 Å². The van der Waals surface area contributed by atoms with Gasteiger partial charge in [0, 0.05) is 6.54 Å². The van der Waals surface area contributed by atoms with Crippen molar-refractivity contribution in [2.24, 2.45) is 10.8 Å². The molecule has 1 aromatic rings. The lowest BCUT2D eigenvalue weighted by Crippen LogP contribution is -2.43. The van der Waals surface area contributed by atoms with E-state index in [1.54, 1.807) is 12.1 Å². The molecule has 0 saturated heterocycles. The molecule has 9 heteroatoms. The molecular formula is C12H20N4O4S. The maximum atomic E-state index is 10.5. The smallest absolute Gasteiger partial charge is 0.294 e. The number of nitrogens with two attached hydrogens (primary N) is 1. The van der Waals surface area contributed by atoms with Crippen molar-refractivity contribution < 1.29 is 18.1 Å². The molecule has 1 aliphatic rings. The van der Waals surface area contributed by atoms with Gasteiger partial charge < -0.3 is 10.4 Å². The topological polar surface area (TPSA) is 128 Å². The Morgan fingerprint density at radius 2 is 2.00 bits per heavy atom. The van der Waals surface area contributed by atoms with Gasteiger partial charge in [0.05, 0.1) is 24.6 Å². The Kier molecular flexibility index (Phi) is 6.56. The lowest BCUT2D eigenvalue weighted by molar-refractivity contribution is 0.298. The molecule has 0 amide bonds. The van der Waals surface area contributed by atoms with E-state index in [9.17, 15) is 8.42 Å². The van der Waals surface area contributed by atoms with E-state index in [2.05, 4.69) is 10.3 Å². The standard InChI is InChI=1S/C7H8O3S.C5H12N4O/c1-6-2-4-7(5-3-6)11(8,9)10;6-9-3-1-7-5(9)8-2-4-10/h2-5H,1H3,(H,8,9,10);10H,1-4,6H2,(H,7,8). The van der Waals surface area contributed by atoms with E-state index in [4.69, 9.17) is 15.5 Å². The van der Waals surface area contributed by atoms with Gasteiger partial charge in [0.2, 0.25) is 5.96 Å². The Balaban J connectivity index is 0.000000211. The molecule has 8 nitrogen and oxygen atoms in total. The van der Waals surface area contributed by atoms with Gasteiger partial charge in [-0.05, 0) is 19.1 Å². The molecule has 5 N–H and O–H groups in total. The molecule has 0 aromatic heterocycles. The number of nitrogens with zero attached hydrogens (tertiary/aromatic N) is 2. The Labute approximate surface area is 124 Å². The Hall–Kier alpha value is -1.68. The number of benzene rings is 1. The molecule has 0 aliphatic carbocycles. The molecule has 1 aliphatic heterocycles. The van der Waals surface area contributed by atoms with E-state index < -0.39 is 10.1 Å². The van der Waals surface area contributed by atoms with Crippen molar-refractivity contribution >= 4 is 16.1 Å². The number of hydrazine groups is 1. The minimum Gasteiger partial charge on any atom is -0.395 e. The number of guanidine groups is 1. The summed E-state index contributed by atoms with van der Waals surface area (Å²) in [6, 6.07) is 5.99. The predicted molar refractivity (Wildman–Crippen MR) is 79.3 cm³/mol. The fraction of sp³-hybridized carbons (Fsp3) is 0.417. The van der Waals surface area contributed by atoms with Crippen molar-refractivity contribution in [1.82, 2.24) is 10.3 Å². The van der Waals surface area contributed by atoms with Crippen LogP contribution in [0.1, 0.15) is 5.56 Å². The van der Waals surface area contributed by atoms with Gasteiger partial charge in [0.15, 0.2) is 0 Å². The Morgan fingerprint density at radius 3 is 2.43 bits per heavy atom. The van der Waals surface area contributed by atoms with Crippen molar-refractivity contribution in [3.8, 4) is 0 Å². The second-order valence-electron chi connectivity index (χ2n) is 4.34. The highest BCUT2D eigenvalue weighted by atomic mass is 32.2. The quantitative estimate of drug-likeness (QED) is 0.431. The summed E-state index contributed by atoms with van der Waals surface area (Å²) in [6.07, 6.45) is 0. The van der Waals surface area contributed by atoms with Gasteiger partial charge in [-0.3, -0.25) is 14.6 Å². The average molecular weight is 316 g/mol. The van der Waals surface area contributed by atoms with Crippen LogP contribution in [0.5, 0.6) is 0 Å². The normalized spacial score (nSPS) is 14.3. The predicted octanol–water partition coefficient (Wildman–Crippen LogP) is -0.645. The maximum absolute atomic E-state index is 10.5. The monoisotopic (exact) mass is 316 g/mol. The molecule has 1 aromatic carbocycles. The Bertz CT molecular complexity index is 571. The molecule has 0 radical (unpaired) electrons. The zero-order valence-electron chi connectivity index (χ0n) is 11.7. The highest BCUT2D eigenvalue weighted by Crippen LogP contribution is 2.08. The van der Waals surface area contributed by atoms with Crippen LogP contribution in [0.3, 0.4) is 0 Å². The number of hydrogen-bond acceptors (Lipinski definition) is 7. The first-order valence-corrected chi connectivity index (χ1v) is 7.74. The van der Waals surface area contributed by atoms with E-state index in [1.807, 2.05) is 6.92 Å². The fourth-order valence-electron chi connectivity index (χ4n) is 1.50. The third-order valence-electron chi connectivity index (χ3n) is 2.59. The van der Waals surface area contributed by atoms with Gasteiger partial charge in [-0.25, -0.2) is 5.84 Å². The number of aliphatic imine (C=N–C) groups is 1. The van der Waals surface area contributed by atoms with E-state index in [0.717, 1.165) is 18.7 Å². The molecule has 21 heavy (non-hydrogen) atoms. The van der Waals surface area contributed by atoms with Crippen LogP contribution < -0.4 is 11.2 Å². The van der Waals surface area contributed by atoms with Crippen LogP contribution in [0.15, 0.2) is 34.2 Å². The first kappa shape index (κ1) is 17.4. The minimum absolute atomic E-state index is 0.0666. The second kappa shape index (κ2) is 7.93. The van der Waals surface area contributed by atoms with Crippen LogP contribution in [0.4, 0.5) is 0 Å². The molecule has 118 valence electrons. The highest BCUT2D eigenvalue weighted by Gasteiger charge is 2.10. The molecular weight excluding hydrogens is 296 g/mol. The number of rotatable bonds is 3. The van der Waals surface area contributed by atoms with Crippen molar-refractivity contribution in [2.45, 2.75) is 11.8 Å². The van der Waals surface area contributed by atoms with Crippen molar-refractivity contribution in [2.75, 3.05) is 26.2 Å². The first-order valence-electron chi connectivity index (χ1n) is 6.30. The number of hydrogen-bond donors (Lipinski definition) is 4. The van der Waals surface area contributed by atoms with Crippen molar-refractivity contribution in [1.29, 1.82) is 0 Å². The molecule has 0 atom stereocenters. The lowest BCUT2D eigenvalue weighted by Gasteiger charge is -2.13. The average Bonchev–Trinajstić information content (AvgIpc) is 2.82. The summed E-state index contributed by atoms with van der Waals surface area (Å²) in [7, 11) is -4.02. The summed E-state index contributed by atoms with van der Waals surface area (Å²) in [5.41, 5.74) is 0.956. The van der Waals surface area contributed by atoms with Crippen LogP contribution >= 0.6 is 0 Å². The van der Waals surface area contributed by atoms with Gasteiger partial charge in [-0.15, -0.1) is 0 Å². The van der Waals surface area contributed by atoms with E-state index in [0.29, 0.717) is 12.5 Å². The molecule has 1 heterocycles. The van der Waals surface area contributed by atoms with Crippen LogP contribution in [-0.2, 0) is 10.1 Å². The van der Waals surface area contributed by atoms with Crippen LogP contribution in [0.2, 0.25) is 0 Å². The summed E-state index contributed by atoms with van der Waals surface area (Å²) < 4.78 is 29.6. The summed E-state index contributed by atoms with van der Waals surface area (Å²) >= 11 is 0. The number of aryl methyl sites for hydroxylation is 1. The van der Waals surface area contributed by atoms with Crippen molar-refractivity contribution in [3.63, 3.8) is 0 Å². The molecule has 0 fully saturated rings. The maximum Gasteiger partial charge on any atom is 0.294 e. The van der Waals surface area contributed by atoms with Gasteiger partial charge in [0.1, 0.15) is 0 Å². The van der Waals surface area contributed by atoms with Gasteiger partial charge in [0.25, 0.3) is 10.1 Å². The zero-order chi connectivity index (χ0) is 15.9.